The summed E-state index contributed by atoms with van der Waals surface area (Å²) in [5.41, 5.74) is 1.25. The molecule has 0 aliphatic carbocycles. The smallest absolute Gasteiger partial charge is 0.261 e. The van der Waals surface area contributed by atoms with E-state index in [1.165, 1.54) is 0 Å². The number of ether oxygens (including phenoxy) is 1. The zero-order valence-electron chi connectivity index (χ0n) is 13.3. The molecule has 24 heavy (non-hydrogen) atoms. The molecule has 0 bridgehead atoms. The van der Waals surface area contributed by atoms with Crippen LogP contribution in [0.15, 0.2) is 47.3 Å². The molecule has 1 aliphatic rings. The van der Waals surface area contributed by atoms with Crippen molar-refractivity contribution in [3.05, 3.63) is 58.4 Å². The molecule has 6 heteroatoms. The van der Waals surface area contributed by atoms with Crippen molar-refractivity contribution in [2.75, 3.05) is 32.9 Å². The first-order valence-electron chi connectivity index (χ1n) is 7.95. The number of rotatable bonds is 3. The summed E-state index contributed by atoms with van der Waals surface area (Å²) in [7, 11) is 0. The van der Waals surface area contributed by atoms with Gasteiger partial charge in [0.2, 0.25) is 0 Å². The van der Waals surface area contributed by atoms with E-state index in [2.05, 4.69) is 4.98 Å². The van der Waals surface area contributed by atoms with Crippen molar-refractivity contribution >= 4 is 5.91 Å². The van der Waals surface area contributed by atoms with Gasteiger partial charge in [0.15, 0.2) is 0 Å². The topological polar surface area (TPSA) is 82.6 Å². The standard InChI is InChI=1S/C18H20N2O4/c21-11-13-10-20(8-9-24-12-13)18(23)15-6-7-16(19-17(15)22)14-4-2-1-3-5-14/h1-7,13,21H,8-12H2,(H,19,22). The summed E-state index contributed by atoms with van der Waals surface area (Å²) >= 11 is 0. The third kappa shape index (κ3) is 3.55. The van der Waals surface area contributed by atoms with Crippen molar-refractivity contribution in [1.82, 2.24) is 9.88 Å². The van der Waals surface area contributed by atoms with Crippen LogP contribution < -0.4 is 5.56 Å². The number of aliphatic hydroxyl groups is 1. The number of hydrogen-bond acceptors (Lipinski definition) is 4. The minimum atomic E-state index is -0.410. The summed E-state index contributed by atoms with van der Waals surface area (Å²) in [5, 5.41) is 9.32. The van der Waals surface area contributed by atoms with Gasteiger partial charge in [0.25, 0.3) is 11.5 Å². The quantitative estimate of drug-likeness (QED) is 0.885. The first-order chi connectivity index (χ1) is 11.7. The number of benzene rings is 1. The SMILES string of the molecule is O=C(c1ccc(-c2ccccc2)[nH]c1=O)N1CCOCC(CO)C1. The molecule has 6 nitrogen and oxygen atoms in total. The second kappa shape index (κ2) is 7.42. The van der Waals surface area contributed by atoms with Gasteiger partial charge < -0.3 is 19.7 Å². The van der Waals surface area contributed by atoms with Crippen LogP contribution in [0.2, 0.25) is 0 Å². The number of amides is 1. The molecule has 1 aliphatic heterocycles. The van der Waals surface area contributed by atoms with Crippen molar-refractivity contribution in [3.63, 3.8) is 0 Å². The highest BCUT2D eigenvalue weighted by Gasteiger charge is 2.24. The van der Waals surface area contributed by atoms with Gasteiger partial charge in [-0.2, -0.15) is 0 Å². The van der Waals surface area contributed by atoms with E-state index in [0.717, 1.165) is 5.56 Å². The maximum atomic E-state index is 12.7. The third-order valence-electron chi connectivity index (χ3n) is 4.11. The van der Waals surface area contributed by atoms with E-state index in [1.807, 2.05) is 30.3 Å². The molecule has 1 atom stereocenters. The number of nitrogens with one attached hydrogen (secondary N) is 1. The highest BCUT2D eigenvalue weighted by Crippen LogP contribution is 2.16. The largest absolute Gasteiger partial charge is 0.396 e. The summed E-state index contributed by atoms with van der Waals surface area (Å²) in [4.78, 5) is 29.3. The minimum absolute atomic E-state index is 0.0485. The highest BCUT2D eigenvalue weighted by molar-refractivity contribution is 5.94. The predicted octanol–water partition coefficient (Wildman–Crippen LogP) is 1.12. The summed E-state index contributed by atoms with van der Waals surface area (Å²) in [6.07, 6.45) is 0. The van der Waals surface area contributed by atoms with Gasteiger partial charge in [-0.1, -0.05) is 30.3 Å². The lowest BCUT2D eigenvalue weighted by Gasteiger charge is -2.22. The minimum Gasteiger partial charge on any atom is -0.396 e. The Bertz CT molecular complexity index is 757. The molecule has 1 amide bonds. The average molecular weight is 328 g/mol. The second-order valence-corrected chi connectivity index (χ2v) is 5.86. The van der Waals surface area contributed by atoms with E-state index in [-0.39, 0.29) is 24.0 Å². The lowest BCUT2D eigenvalue weighted by atomic mass is 10.1. The third-order valence-corrected chi connectivity index (χ3v) is 4.11. The lowest BCUT2D eigenvalue weighted by molar-refractivity contribution is 0.0726. The summed E-state index contributed by atoms with van der Waals surface area (Å²) in [5.74, 6) is -0.459. The molecule has 126 valence electrons. The van der Waals surface area contributed by atoms with Crippen LogP contribution in [0.4, 0.5) is 0 Å². The van der Waals surface area contributed by atoms with E-state index in [1.54, 1.807) is 17.0 Å². The van der Waals surface area contributed by atoms with E-state index in [4.69, 9.17) is 4.74 Å². The monoisotopic (exact) mass is 328 g/mol. The maximum absolute atomic E-state index is 12.7. The zero-order chi connectivity index (χ0) is 16.9. The molecule has 0 radical (unpaired) electrons. The molecular formula is C18H20N2O4. The molecule has 1 unspecified atom stereocenters. The molecule has 1 aromatic heterocycles. The van der Waals surface area contributed by atoms with Crippen LogP contribution in [-0.2, 0) is 4.74 Å². The number of hydrogen-bond donors (Lipinski definition) is 2. The normalized spacial score (nSPS) is 18.2. The number of aliphatic hydroxyl groups excluding tert-OH is 1. The number of H-pyrrole nitrogens is 1. The summed E-state index contributed by atoms with van der Waals surface area (Å²) in [6.45, 7) is 1.57. The van der Waals surface area contributed by atoms with Crippen LogP contribution in [0.25, 0.3) is 11.3 Å². The van der Waals surface area contributed by atoms with Crippen molar-refractivity contribution in [3.8, 4) is 11.3 Å². The van der Waals surface area contributed by atoms with Crippen LogP contribution in [0, 0.1) is 5.92 Å². The molecule has 1 saturated heterocycles. The Morgan fingerprint density at radius 2 is 2.04 bits per heavy atom. The second-order valence-electron chi connectivity index (χ2n) is 5.86. The van der Waals surface area contributed by atoms with Gasteiger partial charge in [0.1, 0.15) is 5.56 Å². The van der Waals surface area contributed by atoms with Gasteiger partial charge in [-0.25, -0.2) is 0 Å². The Morgan fingerprint density at radius 1 is 1.25 bits per heavy atom. The molecule has 0 saturated carbocycles. The molecule has 2 N–H and O–H groups in total. The molecule has 0 spiro atoms. The van der Waals surface area contributed by atoms with E-state index in [9.17, 15) is 14.7 Å². The van der Waals surface area contributed by atoms with Crippen LogP contribution in [0.5, 0.6) is 0 Å². The van der Waals surface area contributed by atoms with Gasteiger partial charge in [0.05, 0.1) is 13.2 Å². The Labute approximate surface area is 139 Å². The summed E-state index contributed by atoms with van der Waals surface area (Å²) in [6, 6.07) is 12.8. The van der Waals surface area contributed by atoms with Crippen molar-refractivity contribution in [2.45, 2.75) is 0 Å². The molecule has 1 aromatic carbocycles. The van der Waals surface area contributed by atoms with Crippen LogP contribution >= 0.6 is 0 Å². The molecular weight excluding hydrogens is 308 g/mol. The number of aromatic amines is 1. The van der Waals surface area contributed by atoms with E-state index >= 15 is 0 Å². The van der Waals surface area contributed by atoms with Gasteiger partial charge >= 0.3 is 0 Å². The Morgan fingerprint density at radius 3 is 2.75 bits per heavy atom. The fraction of sp³-hybridized carbons (Fsp3) is 0.333. The van der Waals surface area contributed by atoms with Crippen LogP contribution in [0.1, 0.15) is 10.4 Å². The Kier molecular flexibility index (Phi) is 5.08. The zero-order valence-corrected chi connectivity index (χ0v) is 13.3. The van der Waals surface area contributed by atoms with E-state index < -0.39 is 5.56 Å². The van der Waals surface area contributed by atoms with Gasteiger partial charge in [-0.05, 0) is 17.7 Å². The lowest BCUT2D eigenvalue weighted by Crippen LogP contribution is -2.39. The van der Waals surface area contributed by atoms with Gasteiger partial charge in [-0.3, -0.25) is 9.59 Å². The fourth-order valence-corrected chi connectivity index (χ4v) is 2.77. The number of carbonyl (C=O) groups is 1. The van der Waals surface area contributed by atoms with Crippen molar-refractivity contribution in [2.24, 2.45) is 5.92 Å². The van der Waals surface area contributed by atoms with Crippen LogP contribution in [-0.4, -0.2) is 53.8 Å². The molecule has 2 heterocycles. The maximum Gasteiger partial charge on any atom is 0.261 e. The van der Waals surface area contributed by atoms with Crippen LogP contribution in [0.3, 0.4) is 0 Å². The molecule has 1 fully saturated rings. The highest BCUT2D eigenvalue weighted by atomic mass is 16.5. The Hall–Kier alpha value is -2.44. The summed E-state index contributed by atoms with van der Waals surface area (Å²) < 4.78 is 5.38. The van der Waals surface area contributed by atoms with E-state index in [0.29, 0.717) is 32.0 Å². The number of carbonyl (C=O) groups excluding carboxylic acids is 1. The number of aromatic nitrogens is 1. The Balaban J connectivity index is 1.84. The average Bonchev–Trinajstić information content (AvgIpc) is 2.87. The molecule has 2 aromatic rings. The number of pyridine rings is 1. The van der Waals surface area contributed by atoms with Crippen molar-refractivity contribution in [1.29, 1.82) is 0 Å². The first kappa shape index (κ1) is 16.4. The predicted molar refractivity (Wildman–Crippen MR) is 89.8 cm³/mol. The van der Waals surface area contributed by atoms with Gasteiger partial charge in [-0.15, -0.1) is 0 Å². The number of nitrogens with zero attached hydrogens (tertiary/aromatic N) is 1. The fourth-order valence-electron chi connectivity index (χ4n) is 2.77. The van der Waals surface area contributed by atoms with Crippen molar-refractivity contribution < 1.29 is 14.6 Å². The molecule has 3 rings (SSSR count). The first-order valence-corrected chi connectivity index (χ1v) is 7.95. The van der Waals surface area contributed by atoms with Gasteiger partial charge in [0, 0.05) is 31.3 Å².